The number of carbonyl (C=O) groups excluding carboxylic acids is 5. The molecule has 0 bridgehead atoms. The Morgan fingerprint density at radius 1 is 0.842 bits per heavy atom. The Morgan fingerprint density at radius 2 is 1.34 bits per heavy atom. The number of rotatable bonds is 4. The Labute approximate surface area is 222 Å². The molecule has 0 N–H and O–H groups in total. The zero-order valence-corrected chi connectivity index (χ0v) is 23.5. The van der Waals surface area contributed by atoms with Gasteiger partial charge < -0.3 is 23.7 Å². The first kappa shape index (κ1) is 28.3. The van der Waals surface area contributed by atoms with Crippen LogP contribution in [-0.4, -0.2) is 65.3 Å². The lowest BCUT2D eigenvalue weighted by molar-refractivity contribution is -0.166. The summed E-state index contributed by atoms with van der Waals surface area (Å²) in [5.41, 5.74) is -2.61. The number of ketones is 1. The van der Waals surface area contributed by atoms with Gasteiger partial charge in [0.25, 0.3) is 0 Å². The average Bonchev–Trinajstić information content (AvgIpc) is 3.56. The van der Waals surface area contributed by atoms with E-state index in [1.54, 1.807) is 19.9 Å². The summed E-state index contributed by atoms with van der Waals surface area (Å²) in [7, 11) is 0. The maximum atomic E-state index is 14.2. The number of carbonyl (C=O) groups is 5. The second kappa shape index (κ2) is 9.17. The molecule has 1 saturated heterocycles. The van der Waals surface area contributed by atoms with Crippen molar-refractivity contribution in [2.45, 2.75) is 104 Å². The van der Waals surface area contributed by atoms with Gasteiger partial charge in [-0.25, -0.2) is 0 Å². The molecule has 0 aromatic heterocycles. The summed E-state index contributed by atoms with van der Waals surface area (Å²) in [6, 6.07) is 0. The van der Waals surface area contributed by atoms with Crippen molar-refractivity contribution in [1.29, 1.82) is 0 Å². The molecule has 3 aliphatic carbocycles. The van der Waals surface area contributed by atoms with Crippen LogP contribution in [0, 0.1) is 29.1 Å². The molecular weight excluding hydrogens is 496 g/mol. The fourth-order valence-electron chi connectivity index (χ4n) is 7.39. The molecule has 210 valence electrons. The predicted octanol–water partition coefficient (Wildman–Crippen LogP) is 2.70. The highest BCUT2D eigenvalue weighted by molar-refractivity contribution is 5.96. The van der Waals surface area contributed by atoms with Gasteiger partial charge in [0.15, 0.2) is 23.1 Å². The first-order chi connectivity index (χ1) is 17.5. The van der Waals surface area contributed by atoms with E-state index < -0.39 is 70.8 Å². The minimum Gasteiger partial charge on any atom is -0.461 e. The Bertz CT molecular complexity index is 1110. The Hall–Kier alpha value is -2.75. The minimum absolute atomic E-state index is 0.218. The molecule has 38 heavy (non-hydrogen) atoms. The SMILES string of the molecule is CC(=O)O[C@@H]1[C@H]2[C@@H]([C@H](OC(C)=O)[C@H](C)C(=O)[C@@]34C[C@@H](C)[C@H](OC(C)=O)[C@]3(/C=C(\C)[C@H]1OC(C)=O)O4)C2(C)C. The molecule has 2 saturated carbocycles. The summed E-state index contributed by atoms with van der Waals surface area (Å²) in [5, 5.41) is 0. The molecule has 10 nitrogen and oxygen atoms in total. The van der Waals surface area contributed by atoms with Gasteiger partial charge in [0, 0.05) is 39.5 Å². The minimum atomic E-state index is -1.30. The molecule has 4 aliphatic rings. The molecule has 4 rings (SSSR count). The van der Waals surface area contributed by atoms with E-state index in [9.17, 15) is 24.0 Å². The van der Waals surface area contributed by atoms with E-state index in [4.69, 9.17) is 23.7 Å². The van der Waals surface area contributed by atoms with E-state index in [-0.39, 0.29) is 23.5 Å². The van der Waals surface area contributed by atoms with Crippen LogP contribution in [0.1, 0.15) is 68.7 Å². The van der Waals surface area contributed by atoms with Crippen LogP contribution < -0.4 is 0 Å². The molecule has 3 fully saturated rings. The van der Waals surface area contributed by atoms with Crippen molar-refractivity contribution in [3.8, 4) is 0 Å². The molecule has 0 aromatic carbocycles. The number of ether oxygens (including phenoxy) is 5. The number of epoxide rings is 1. The second-order valence-electron chi connectivity index (χ2n) is 12.0. The summed E-state index contributed by atoms with van der Waals surface area (Å²) >= 11 is 0. The van der Waals surface area contributed by atoms with Gasteiger partial charge in [-0.2, -0.15) is 0 Å². The lowest BCUT2D eigenvalue weighted by Gasteiger charge is -2.30. The number of hydrogen-bond acceptors (Lipinski definition) is 10. The van der Waals surface area contributed by atoms with Crippen LogP contribution in [0.15, 0.2) is 11.6 Å². The lowest BCUT2D eigenvalue weighted by atomic mass is 9.80. The summed E-state index contributed by atoms with van der Waals surface area (Å²) < 4.78 is 29.3. The maximum absolute atomic E-state index is 14.2. The van der Waals surface area contributed by atoms with Crippen molar-refractivity contribution in [2.75, 3.05) is 0 Å². The number of Topliss-reactive ketones (excluding diaryl/α,β-unsaturated/α-hetero) is 1. The number of fused-ring (bicyclic) bond motifs is 1. The van der Waals surface area contributed by atoms with Crippen molar-refractivity contribution in [2.24, 2.45) is 29.1 Å². The molecule has 0 aromatic rings. The second-order valence-corrected chi connectivity index (χ2v) is 12.0. The van der Waals surface area contributed by atoms with Crippen LogP contribution in [0.25, 0.3) is 0 Å². The smallest absolute Gasteiger partial charge is 0.303 e. The molecule has 1 heterocycles. The third-order valence-corrected chi connectivity index (χ3v) is 8.87. The summed E-state index contributed by atoms with van der Waals surface area (Å²) in [5.74, 6) is -4.18. The van der Waals surface area contributed by atoms with Crippen molar-refractivity contribution in [1.82, 2.24) is 0 Å². The first-order valence-corrected chi connectivity index (χ1v) is 13.1. The third-order valence-electron chi connectivity index (χ3n) is 8.87. The lowest BCUT2D eigenvalue weighted by Crippen LogP contribution is -2.43. The van der Waals surface area contributed by atoms with Crippen molar-refractivity contribution in [3.05, 3.63) is 11.6 Å². The highest BCUT2D eigenvalue weighted by Gasteiger charge is 2.84. The van der Waals surface area contributed by atoms with Gasteiger partial charge >= 0.3 is 23.9 Å². The standard InChI is InChI=1S/C28H38O10/c1-12-10-28-25(37-18(7)32)13(2)11-27(28,38-28)24(33)14(3)22(35-16(5)30)19-20(26(19,8)9)23(36-17(6)31)21(12)34-15(4)29/h10,13-14,19-23,25H,11H2,1-9H3/b12-10+/t13-,14+,19+,20-,21-,22-,23-,25+,27+,28+/m1/s1. The van der Waals surface area contributed by atoms with Gasteiger partial charge in [0.1, 0.15) is 18.3 Å². The van der Waals surface area contributed by atoms with Crippen LogP contribution in [-0.2, 0) is 47.7 Å². The normalized spacial score (nSPS) is 44.0. The monoisotopic (exact) mass is 534 g/mol. The molecule has 1 aliphatic heterocycles. The van der Waals surface area contributed by atoms with Crippen molar-refractivity contribution in [3.63, 3.8) is 0 Å². The van der Waals surface area contributed by atoms with E-state index in [0.29, 0.717) is 12.0 Å². The average molecular weight is 535 g/mol. The van der Waals surface area contributed by atoms with Crippen LogP contribution in [0.5, 0.6) is 0 Å². The fourth-order valence-corrected chi connectivity index (χ4v) is 7.39. The fraction of sp³-hybridized carbons (Fsp3) is 0.750. The number of esters is 4. The Morgan fingerprint density at radius 3 is 1.87 bits per heavy atom. The van der Waals surface area contributed by atoms with Crippen molar-refractivity contribution >= 4 is 29.7 Å². The maximum Gasteiger partial charge on any atom is 0.303 e. The Balaban J connectivity index is 1.94. The molecule has 0 radical (unpaired) electrons. The highest BCUT2D eigenvalue weighted by atomic mass is 16.7. The van der Waals surface area contributed by atoms with Crippen molar-refractivity contribution < 1.29 is 47.7 Å². The largest absolute Gasteiger partial charge is 0.461 e. The Kier molecular flexibility index (Phi) is 6.82. The first-order valence-electron chi connectivity index (χ1n) is 13.1. The van der Waals surface area contributed by atoms with E-state index in [0.717, 1.165) is 0 Å². The van der Waals surface area contributed by atoms with Crippen LogP contribution in [0.3, 0.4) is 0 Å². The predicted molar refractivity (Wildman–Crippen MR) is 131 cm³/mol. The molecule has 10 atom stereocenters. The molecule has 0 amide bonds. The summed E-state index contributed by atoms with van der Waals surface area (Å²) in [4.78, 5) is 63.1. The van der Waals surface area contributed by atoms with Crippen LogP contribution >= 0.6 is 0 Å². The van der Waals surface area contributed by atoms with E-state index >= 15 is 0 Å². The quantitative estimate of drug-likeness (QED) is 0.229. The third kappa shape index (κ3) is 4.25. The van der Waals surface area contributed by atoms with E-state index in [2.05, 4.69) is 0 Å². The molecule has 10 heteroatoms. The summed E-state index contributed by atoms with van der Waals surface area (Å²) in [6.45, 7) is 14.3. The van der Waals surface area contributed by atoms with Crippen LogP contribution in [0.4, 0.5) is 0 Å². The van der Waals surface area contributed by atoms with E-state index in [1.165, 1.54) is 27.7 Å². The van der Waals surface area contributed by atoms with Gasteiger partial charge in [0.2, 0.25) is 0 Å². The molecule has 0 spiro atoms. The number of hydrogen-bond donors (Lipinski definition) is 0. The van der Waals surface area contributed by atoms with Gasteiger partial charge in [-0.05, 0) is 36.3 Å². The van der Waals surface area contributed by atoms with Gasteiger partial charge in [-0.15, -0.1) is 0 Å². The van der Waals surface area contributed by atoms with Gasteiger partial charge in [-0.3, -0.25) is 24.0 Å². The zero-order valence-electron chi connectivity index (χ0n) is 23.5. The zero-order chi connectivity index (χ0) is 28.5. The topological polar surface area (TPSA) is 135 Å². The van der Waals surface area contributed by atoms with E-state index in [1.807, 2.05) is 20.8 Å². The molecule has 0 unspecified atom stereocenters. The van der Waals surface area contributed by atoms with Gasteiger partial charge in [0.05, 0.1) is 5.92 Å². The summed E-state index contributed by atoms with van der Waals surface area (Å²) in [6.07, 6.45) is -1.52. The highest BCUT2D eigenvalue weighted by Crippen LogP contribution is 2.68. The molecular formula is C28H38O10. The van der Waals surface area contributed by atoms with Crippen LogP contribution in [0.2, 0.25) is 0 Å². The van der Waals surface area contributed by atoms with Gasteiger partial charge in [-0.1, -0.05) is 27.7 Å².